The van der Waals surface area contributed by atoms with Gasteiger partial charge >= 0.3 is 0 Å². The van der Waals surface area contributed by atoms with Gasteiger partial charge in [-0.1, -0.05) is 0 Å². The highest BCUT2D eigenvalue weighted by Gasteiger charge is 2.28. The number of rotatable bonds is 5. The zero-order chi connectivity index (χ0) is 12.5. The maximum absolute atomic E-state index is 12.9. The largest absolute Gasteiger partial charge is 0.359 e. The Morgan fingerprint density at radius 2 is 2.29 bits per heavy atom. The Morgan fingerprint density at radius 1 is 1.59 bits per heavy atom. The summed E-state index contributed by atoms with van der Waals surface area (Å²) in [6.45, 7) is -1.44. The van der Waals surface area contributed by atoms with Gasteiger partial charge in [0.2, 0.25) is 0 Å². The third kappa shape index (κ3) is 2.79. The number of hydrogen-bond donors (Lipinski definition) is 2. The predicted molar refractivity (Wildman–Crippen MR) is 59.3 cm³/mol. The number of aromatic nitrogens is 2. The Hall–Kier alpha value is -1.50. The van der Waals surface area contributed by atoms with Crippen LogP contribution in [-0.2, 0) is 0 Å². The molecule has 1 heterocycles. The van der Waals surface area contributed by atoms with Gasteiger partial charge in [0, 0.05) is 18.4 Å². The van der Waals surface area contributed by atoms with Gasteiger partial charge < -0.3 is 15.6 Å². The molecular formula is C10H14F2N4O. The van der Waals surface area contributed by atoms with Crippen LogP contribution in [0.3, 0.4) is 0 Å². The third-order valence-electron chi connectivity index (χ3n) is 2.62. The Morgan fingerprint density at radius 3 is 2.88 bits per heavy atom. The average molecular weight is 244 g/mol. The molecule has 1 fully saturated rings. The Kier molecular flexibility index (Phi) is 3.10. The molecule has 7 heteroatoms. The molecule has 0 radical (unpaired) electrons. The van der Waals surface area contributed by atoms with Gasteiger partial charge in [0.25, 0.3) is 11.5 Å². The van der Waals surface area contributed by atoms with Crippen molar-refractivity contribution in [2.24, 2.45) is 5.73 Å². The minimum Gasteiger partial charge on any atom is -0.359 e. The van der Waals surface area contributed by atoms with E-state index < -0.39 is 19.0 Å². The molecule has 1 saturated carbocycles. The van der Waals surface area contributed by atoms with Crippen molar-refractivity contribution in [3.8, 4) is 0 Å². The van der Waals surface area contributed by atoms with Gasteiger partial charge in [-0.05, 0) is 12.8 Å². The molecule has 0 aliphatic heterocycles. The summed E-state index contributed by atoms with van der Waals surface area (Å²) in [4.78, 5) is 15.6. The first kappa shape index (κ1) is 12.0. The van der Waals surface area contributed by atoms with E-state index in [1.807, 2.05) is 0 Å². The van der Waals surface area contributed by atoms with E-state index >= 15 is 0 Å². The van der Waals surface area contributed by atoms with Crippen molar-refractivity contribution in [2.75, 3.05) is 18.4 Å². The van der Waals surface area contributed by atoms with Crippen molar-refractivity contribution < 1.29 is 8.78 Å². The first-order chi connectivity index (χ1) is 8.03. The van der Waals surface area contributed by atoms with Crippen LogP contribution in [0.4, 0.5) is 14.6 Å². The average Bonchev–Trinajstić information content (AvgIpc) is 3.12. The van der Waals surface area contributed by atoms with Crippen molar-refractivity contribution in [2.45, 2.75) is 24.8 Å². The van der Waals surface area contributed by atoms with Gasteiger partial charge in [-0.15, -0.1) is 0 Å². The lowest BCUT2D eigenvalue weighted by Gasteiger charge is -2.15. The maximum Gasteiger partial charge on any atom is 0.293 e. The molecule has 0 atom stereocenters. The van der Waals surface area contributed by atoms with E-state index in [4.69, 9.17) is 5.73 Å². The smallest absolute Gasteiger partial charge is 0.293 e. The van der Waals surface area contributed by atoms with E-state index in [0.717, 1.165) is 12.8 Å². The van der Waals surface area contributed by atoms with Crippen LogP contribution in [-0.4, -0.2) is 28.6 Å². The molecule has 1 aliphatic rings. The van der Waals surface area contributed by atoms with Crippen LogP contribution < -0.4 is 16.6 Å². The molecule has 5 nitrogen and oxygen atoms in total. The van der Waals surface area contributed by atoms with Gasteiger partial charge in [0.1, 0.15) is 0 Å². The lowest BCUT2D eigenvalue weighted by molar-refractivity contribution is 0.0253. The lowest BCUT2D eigenvalue weighted by Crippen LogP contribution is -2.37. The number of nitrogens with one attached hydrogen (secondary N) is 1. The quantitative estimate of drug-likeness (QED) is 0.794. The van der Waals surface area contributed by atoms with Crippen LogP contribution >= 0.6 is 0 Å². The summed E-state index contributed by atoms with van der Waals surface area (Å²) in [6.07, 6.45) is 4.90. The molecule has 1 aromatic rings. The van der Waals surface area contributed by atoms with Crippen LogP contribution in [0, 0.1) is 0 Å². The monoisotopic (exact) mass is 244 g/mol. The molecule has 1 aliphatic carbocycles. The number of nitrogens with zero attached hydrogens (tertiary/aromatic N) is 2. The highest BCUT2D eigenvalue weighted by molar-refractivity contribution is 5.31. The molecule has 0 spiro atoms. The zero-order valence-corrected chi connectivity index (χ0v) is 9.20. The minimum atomic E-state index is -3.03. The number of alkyl halides is 2. The first-order valence-corrected chi connectivity index (χ1v) is 5.42. The second-order valence-corrected chi connectivity index (χ2v) is 4.13. The Bertz CT molecular complexity index is 456. The van der Waals surface area contributed by atoms with Crippen LogP contribution in [0.15, 0.2) is 17.2 Å². The Balaban J connectivity index is 2.11. The fourth-order valence-corrected chi connectivity index (χ4v) is 1.47. The minimum absolute atomic E-state index is 0.0486. The molecule has 1 aromatic heterocycles. The fourth-order valence-electron chi connectivity index (χ4n) is 1.47. The van der Waals surface area contributed by atoms with Crippen molar-refractivity contribution >= 4 is 5.82 Å². The molecule has 2 rings (SSSR count). The van der Waals surface area contributed by atoms with E-state index in [0.29, 0.717) is 0 Å². The van der Waals surface area contributed by atoms with Gasteiger partial charge in [0.15, 0.2) is 5.82 Å². The topological polar surface area (TPSA) is 72.9 Å². The number of halogens is 2. The summed E-state index contributed by atoms with van der Waals surface area (Å²) in [6, 6.07) is 0.195. The highest BCUT2D eigenvalue weighted by atomic mass is 19.3. The molecule has 0 aromatic carbocycles. The summed E-state index contributed by atoms with van der Waals surface area (Å²) < 4.78 is 27.4. The van der Waals surface area contributed by atoms with Crippen molar-refractivity contribution in [3.05, 3.63) is 22.7 Å². The molecule has 17 heavy (non-hydrogen) atoms. The van der Waals surface area contributed by atoms with Crippen LogP contribution in [0.2, 0.25) is 0 Å². The van der Waals surface area contributed by atoms with Crippen molar-refractivity contribution in [3.63, 3.8) is 0 Å². The summed E-state index contributed by atoms with van der Waals surface area (Å²) in [5.74, 6) is -3.08. The highest BCUT2D eigenvalue weighted by Crippen LogP contribution is 2.33. The second kappa shape index (κ2) is 4.40. The molecular weight excluding hydrogens is 230 g/mol. The molecule has 0 amide bonds. The summed E-state index contributed by atoms with van der Waals surface area (Å²) in [5, 5.41) is 2.35. The lowest BCUT2D eigenvalue weighted by atomic mass is 10.3. The van der Waals surface area contributed by atoms with Crippen molar-refractivity contribution in [1.82, 2.24) is 9.55 Å². The van der Waals surface area contributed by atoms with E-state index in [1.165, 1.54) is 10.8 Å². The van der Waals surface area contributed by atoms with Crippen LogP contribution in [0.1, 0.15) is 18.9 Å². The second-order valence-electron chi connectivity index (χ2n) is 4.13. The van der Waals surface area contributed by atoms with Gasteiger partial charge in [-0.3, -0.25) is 4.79 Å². The first-order valence-electron chi connectivity index (χ1n) is 5.42. The van der Waals surface area contributed by atoms with Crippen LogP contribution in [0.5, 0.6) is 0 Å². The van der Waals surface area contributed by atoms with Crippen molar-refractivity contribution in [1.29, 1.82) is 0 Å². The summed E-state index contributed by atoms with van der Waals surface area (Å²) in [7, 11) is 0. The van der Waals surface area contributed by atoms with E-state index in [9.17, 15) is 13.6 Å². The number of anilines is 1. The van der Waals surface area contributed by atoms with E-state index in [2.05, 4.69) is 10.3 Å². The Labute approximate surface area is 96.6 Å². The number of nitrogens with two attached hydrogens (primary N) is 1. The fraction of sp³-hybridized carbons (Fsp3) is 0.600. The van der Waals surface area contributed by atoms with E-state index in [-0.39, 0.29) is 17.4 Å². The third-order valence-corrected chi connectivity index (χ3v) is 2.62. The zero-order valence-electron chi connectivity index (χ0n) is 9.20. The summed E-state index contributed by atoms with van der Waals surface area (Å²) in [5.41, 5.74) is 4.54. The predicted octanol–water partition coefficient (Wildman–Crippen LogP) is 0.584. The molecule has 94 valence electrons. The SMILES string of the molecule is NCC(F)(F)CNc1nccn(C2CC2)c1=O. The maximum atomic E-state index is 12.9. The standard InChI is InChI=1S/C10H14F2N4O/c11-10(12,5-13)6-15-8-9(17)16(4-3-14-8)7-1-2-7/h3-4,7H,1-2,5-6,13H2,(H,14,15). The van der Waals surface area contributed by atoms with Gasteiger partial charge in [-0.25, -0.2) is 13.8 Å². The number of hydrogen-bond acceptors (Lipinski definition) is 4. The normalized spacial score (nSPS) is 15.9. The van der Waals surface area contributed by atoms with Gasteiger partial charge in [-0.2, -0.15) is 0 Å². The summed E-state index contributed by atoms with van der Waals surface area (Å²) >= 11 is 0. The molecule has 0 saturated heterocycles. The molecule has 3 N–H and O–H groups in total. The molecule has 0 bridgehead atoms. The van der Waals surface area contributed by atoms with Gasteiger partial charge in [0.05, 0.1) is 13.1 Å². The molecule has 0 unspecified atom stereocenters. The van der Waals surface area contributed by atoms with Crippen LogP contribution in [0.25, 0.3) is 0 Å². The van der Waals surface area contributed by atoms with E-state index in [1.54, 1.807) is 6.20 Å².